The first-order chi connectivity index (χ1) is 12.8. The molecule has 0 amide bonds. The zero-order valence-corrected chi connectivity index (χ0v) is 14.6. The largest absolute Gasteiger partial charge is 0.417 e. The topological polar surface area (TPSA) is 43.6 Å². The van der Waals surface area contributed by atoms with Crippen LogP contribution >= 0.6 is 0 Å². The van der Waals surface area contributed by atoms with Gasteiger partial charge in [-0.25, -0.2) is 9.67 Å². The average molecular weight is 368 g/mol. The van der Waals surface area contributed by atoms with Gasteiger partial charge in [-0.1, -0.05) is 17.7 Å². The van der Waals surface area contributed by atoms with Crippen LogP contribution in [0.4, 0.5) is 13.2 Å². The number of fused-ring (bicyclic) bond motifs is 1. The van der Waals surface area contributed by atoms with Crippen LogP contribution in [0.1, 0.15) is 16.8 Å². The van der Waals surface area contributed by atoms with Crippen LogP contribution in [-0.4, -0.2) is 19.7 Å². The summed E-state index contributed by atoms with van der Waals surface area (Å²) < 4.78 is 42.8. The molecule has 27 heavy (non-hydrogen) atoms. The van der Waals surface area contributed by atoms with E-state index in [0.29, 0.717) is 11.3 Å². The zero-order valence-electron chi connectivity index (χ0n) is 14.6. The monoisotopic (exact) mass is 368 g/mol. The fourth-order valence-corrected chi connectivity index (χ4v) is 3.04. The highest BCUT2D eigenvalue weighted by molar-refractivity contribution is 5.86. The highest BCUT2D eigenvalue weighted by atomic mass is 19.4. The van der Waals surface area contributed by atoms with Crippen molar-refractivity contribution in [3.8, 4) is 16.9 Å². The fraction of sp³-hybridized carbons (Fsp3) is 0.150. The number of nitrogens with zero attached hydrogens (tertiary/aromatic N) is 4. The second kappa shape index (κ2) is 6.19. The number of benzene rings is 1. The highest BCUT2D eigenvalue weighted by Gasteiger charge is 2.35. The van der Waals surface area contributed by atoms with Crippen LogP contribution in [0.25, 0.3) is 28.0 Å². The van der Waals surface area contributed by atoms with Gasteiger partial charge in [0.05, 0.1) is 28.0 Å². The molecule has 136 valence electrons. The Bertz CT molecular complexity index is 1110. The van der Waals surface area contributed by atoms with Crippen molar-refractivity contribution in [1.29, 1.82) is 0 Å². The molecule has 3 aromatic heterocycles. The molecule has 4 nitrogen and oxygen atoms in total. The van der Waals surface area contributed by atoms with Gasteiger partial charge in [-0.2, -0.15) is 18.3 Å². The summed E-state index contributed by atoms with van der Waals surface area (Å²) in [6.45, 7) is 3.50. The van der Waals surface area contributed by atoms with Gasteiger partial charge in [0.15, 0.2) is 5.65 Å². The Morgan fingerprint density at radius 3 is 2.37 bits per heavy atom. The SMILES string of the molecule is Cc1ccc(-n2nc(C)c3c(C(F)(F)F)cc(-c4cccnc4)nc32)cc1. The van der Waals surface area contributed by atoms with Crippen molar-refractivity contribution in [3.63, 3.8) is 0 Å². The fourth-order valence-electron chi connectivity index (χ4n) is 3.04. The van der Waals surface area contributed by atoms with Crippen molar-refractivity contribution in [1.82, 2.24) is 19.7 Å². The van der Waals surface area contributed by atoms with Gasteiger partial charge in [-0.15, -0.1) is 0 Å². The summed E-state index contributed by atoms with van der Waals surface area (Å²) in [5.41, 5.74) is 2.13. The minimum atomic E-state index is -4.52. The third kappa shape index (κ3) is 3.05. The van der Waals surface area contributed by atoms with Gasteiger partial charge in [-0.05, 0) is 44.2 Å². The first kappa shape index (κ1) is 17.2. The molecule has 0 saturated heterocycles. The first-order valence-corrected chi connectivity index (χ1v) is 8.29. The normalized spacial score (nSPS) is 11.9. The number of pyridine rings is 2. The maximum atomic E-state index is 13.8. The molecule has 0 unspecified atom stereocenters. The van der Waals surface area contributed by atoms with Gasteiger partial charge >= 0.3 is 6.18 Å². The molecular formula is C20H15F3N4. The Morgan fingerprint density at radius 2 is 1.74 bits per heavy atom. The third-order valence-electron chi connectivity index (χ3n) is 4.35. The lowest BCUT2D eigenvalue weighted by molar-refractivity contribution is -0.136. The number of hydrogen-bond donors (Lipinski definition) is 0. The van der Waals surface area contributed by atoms with E-state index in [1.54, 1.807) is 25.3 Å². The molecule has 0 radical (unpaired) electrons. The molecule has 0 saturated carbocycles. The second-order valence-electron chi connectivity index (χ2n) is 6.33. The number of aryl methyl sites for hydroxylation is 2. The van der Waals surface area contributed by atoms with E-state index < -0.39 is 11.7 Å². The molecule has 0 bridgehead atoms. The Hall–Kier alpha value is -3.22. The summed E-state index contributed by atoms with van der Waals surface area (Å²) in [5.74, 6) is 0. The number of aromatic nitrogens is 4. The van der Waals surface area contributed by atoms with Crippen LogP contribution in [0.2, 0.25) is 0 Å². The Labute approximate surface area is 153 Å². The maximum absolute atomic E-state index is 13.8. The van der Waals surface area contributed by atoms with Crippen LogP contribution in [0.5, 0.6) is 0 Å². The lowest BCUT2D eigenvalue weighted by Crippen LogP contribution is -2.08. The lowest BCUT2D eigenvalue weighted by Gasteiger charge is -2.11. The van der Waals surface area contributed by atoms with E-state index in [1.165, 1.54) is 10.9 Å². The molecule has 4 rings (SSSR count). The molecular weight excluding hydrogens is 353 g/mol. The number of rotatable bonds is 2. The number of halogens is 3. The van der Waals surface area contributed by atoms with Gasteiger partial charge in [0.1, 0.15) is 0 Å². The van der Waals surface area contributed by atoms with E-state index in [-0.39, 0.29) is 22.4 Å². The molecule has 0 aliphatic heterocycles. The van der Waals surface area contributed by atoms with Crippen LogP contribution in [0, 0.1) is 13.8 Å². The predicted molar refractivity (Wildman–Crippen MR) is 96.6 cm³/mol. The van der Waals surface area contributed by atoms with Gasteiger partial charge in [-0.3, -0.25) is 4.98 Å². The summed E-state index contributed by atoms with van der Waals surface area (Å²) in [4.78, 5) is 8.48. The van der Waals surface area contributed by atoms with E-state index in [2.05, 4.69) is 15.1 Å². The smallest absolute Gasteiger partial charge is 0.264 e. The molecule has 7 heteroatoms. The maximum Gasteiger partial charge on any atom is 0.417 e. The lowest BCUT2D eigenvalue weighted by atomic mass is 10.1. The van der Waals surface area contributed by atoms with Crippen molar-refractivity contribution in [3.05, 3.63) is 71.7 Å². The third-order valence-corrected chi connectivity index (χ3v) is 4.35. The highest BCUT2D eigenvalue weighted by Crippen LogP contribution is 2.38. The quantitative estimate of drug-likeness (QED) is 0.493. The summed E-state index contributed by atoms with van der Waals surface area (Å²) in [5, 5.41) is 4.35. The van der Waals surface area contributed by atoms with Crippen molar-refractivity contribution >= 4 is 11.0 Å². The van der Waals surface area contributed by atoms with Gasteiger partial charge in [0.25, 0.3) is 0 Å². The molecule has 0 aliphatic rings. The van der Waals surface area contributed by atoms with Crippen LogP contribution in [0.3, 0.4) is 0 Å². The summed E-state index contributed by atoms with van der Waals surface area (Å²) in [6, 6.07) is 11.8. The number of hydrogen-bond acceptors (Lipinski definition) is 3. The molecule has 0 atom stereocenters. The Balaban J connectivity index is 2.06. The van der Waals surface area contributed by atoms with E-state index >= 15 is 0 Å². The second-order valence-corrected chi connectivity index (χ2v) is 6.33. The molecule has 3 heterocycles. The van der Waals surface area contributed by atoms with Crippen molar-refractivity contribution in [2.45, 2.75) is 20.0 Å². The van der Waals surface area contributed by atoms with Crippen molar-refractivity contribution in [2.75, 3.05) is 0 Å². The summed E-state index contributed by atoms with van der Waals surface area (Å²) >= 11 is 0. The molecule has 0 fully saturated rings. The Kier molecular flexibility index (Phi) is 3.95. The predicted octanol–water partition coefficient (Wildman–Crippen LogP) is 5.12. The molecule has 0 aliphatic carbocycles. The standard InChI is InChI=1S/C20H15F3N4/c1-12-5-7-15(8-6-12)27-19-18(13(2)26-27)16(20(21,22)23)10-17(25-19)14-4-3-9-24-11-14/h3-11H,1-2H3. The number of alkyl halides is 3. The van der Waals surface area contributed by atoms with Crippen molar-refractivity contribution < 1.29 is 13.2 Å². The van der Waals surface area contributed by atoms with E-state index in [4.69, 9.17) is 0 Å². The van der Waals surface area contributed by atoms with E-state index in [0.717, 1.165) is 11.6 Å². The van der Waals surface area contributed by atoms with Gasteiger partial charge < -0.3 is 0 Å². The Morgan fingerprint density at radius 1 is 1.00 bits per heavy atom. The minimum Gasteiger partial charge on any atom is -0.264 e. The van der Waals surface area contributed by atoms with E-state index in [1.807, 2.05) is 31.2 Å². The van der Waals surface area contributed by atoms with Crippen LogP contribution in [0.15, 0.2) is 54.9 Å². The zero-order chi connectivity index (χ0) is 19.2. The molecule has 0 spiro atoms. The van der Waals surface area contributed by atoms with Crippen LogP contribution in [-0.2, 0) is 6.18 Å². The van der Waals surface area contributed by atoms with E-state index in [9.17, 15) is 13.2 Å². The van der Waals surface area contributed by atoms with Gasteiger partial charge in [0.2, 0.25) is 0 Å². The molecule has 1 aromatic carbocycles. The first-order valence-electron chi connectivity index (χ1n) is 8.29. The minimum absolute atomic E-state index is 0.00992. The summed E-state index contributed by atoms with van der Waals surface area (Å²) in [7, 11) is 0. The average Bonchev–Trinajstić information content (AvgIpc) is 2.98. The van der Waals surface area contributed by atoms with Crippen molar-refractivity contribution in [2.24, 2.45) is 0 Å². The molecule has 4 aromatic rings. The summed E-state index contributed by atoms with van der Waals surface area (Å²) in [6.07, 6.45) is -1.47. The molecule has 0 N–H and O–H groups in total. The van der Waals surface area contributed by atoms with Crippen LogP contribution < -0.4 is 0 Å². The van der Waals surface area contributed by atoms with Gasteiger partial charge in [0, 0.05) is 18.0 Å².